The normalized spacial score (nSPS) is 16.8. The first-order valence-corrected chi connectivity index (χ1v) is 9.97. The number of rotatable bonds is 8. The molecule has 0 saturated carbocycles. The lowest BCUT2D eigenvalue weighted by Gasteiger charge is -2.27. The molecule has 0 aliphatic carbocycles. The summed E-state index contributed by atoms with van der Waals surface area (Å²) in [6.07, 6.45) is 8.83. The van der Waals surface area contributed by atoms with Gasteiger partial charge in [-0.1, -0.05) is 18.2 Å². The second kappa shape index (κ2) is 9.58. The lowest BCUT2D eigenvalue weighted by Crippen LogP contribution is -2.40. The van der Waals surface area contributed by atoms with E-state index in [-0.39, 0.29) is 24.4 Å². The topological polar surface area (TPSA) is 115 Å². The van der Waals surface area contributed by atoms with Crippen LogP contribution < -0.4 is 10.6 Å². The molecule has 9 nitrogen and oxygen atoms in total. The zero-order valence-corrected chi connectivity index (χ0v) is 17.4. The Morgan fingerprint density at radius 3 is 2.97 bits per heavy atom. The molecule has 2 aliphatic heterocycles. The Balaban J connectivity index is 1.49. The fraction of sp³-hybridized carbons (Fsp3) is 0.227. The van der Waals surface area contributed by atoms with Crippen molar-refractivity contribution in [3.05, 3.63) is 72.1 Å². The molecule has 2 aliphatic rings. The molecule has 1 amide bonds. The number of benzene rings is 1. The first-order valence-electron chi connectivity index (χ1n) is 9.97. The highest BCUT2D eigenvalue weighted by molar-refractivity contribution is 6.06. The molecule has 0 radical (unpaired) electrons. The summed E-state index contributed by atoms with van der Waals surface area (Å²) in [5.74, 6) is -0.851. The second-order valence-electron chi connectivity index (χ2n) is 7.09. The van der Waals surface area contributed by atoms with E-state index < -0.39 is 5.91 Å². The van der Waals surface area contributed by atoms with Crippen molar-refractivity contribution in [2.45, 2.75) is 6.17 Å². The molecule has 0 bridgehead atoms. The number of allylic oxidation sites excluding steroid dienone is 2. The molecular formula is C22H23FN6O3. The second-order valence-corrected chi connectivity index (χ2v) is 7.09. The van der Waals surface area contributed by atoms with Crippen molar-refractivity contribution in [2.75, 3.05) is 26.9 Å². The monoisotopic (exact) mass is 438 g/mol. The van der Waals surface area contributed by atoms with Crippen LogP contribution in [0.3, 0.4) is 0 Å². The summed E-state index contributed by atoms with van der Waals surface area (Å²) in [4.78, 5) is 13.9. The number of aromatic nitrogens is 2. The summed E-state index contributed by atoms with van der Waals surface area (Å²) < 4.78 is 24.4. The Morgan fingerprint density at radius 2 is 2.16 bits per heavy atom. The number of methoxy groups -OCH3 is 1. The predicted molar refractivity (Wildman–Crippen MR) is 117 cm³/mol. The fourth-order valence-electron chi connectivity index (χ4n) is 3.43. The molecule has 4 N–H and O–H groups in total. The van der Waals surface area contributed by atoms with Crippen LogP contribution in [0.25, 0.3) is 16.8 Å². The van der Waals surface area contributed by atoms with Crippen LogP contribution in [-0.2, 0) is 14.3 Å². The Labute approximate surface area is 184 Å². The maximum atomic E-state index is 14.3. The molecule has 1 aromatic carbocycles. The van der Waals surface area contributed by atoms with Gasteiger partial charge in [0.15, 0.2) is 5.84 Å². The van der Waals surface area contributed by atoms with Crippen LogP contribution in [0.5, 0.6) is 0 Å². The molecule has 166 valence electrons. The third kappa shape index (κ3) is 4.46. The minimum Gasteiger partial charge on any atom is -0.382 e. The highest BCUT2D eigenvalue weighted by Gasteiger charge is 2.29. The van der Waals surface area contributed by atoms with Crippen LogP contribution in [0.2, 0.25) is 0 Å². The zero-order valence-electron chi connectivity index (χ0n) is 17.4. The third-order valence-electron chi connectivity index (χ3n) is 4.97. The molecule has 2 aromatic rings. The molecule has 0 fully saturated rings. The Hall–Kier alpha value is -3.76. The number of halogens is 1. The van der Waals surface area contributed by atoms with Gasteiger partial charge in [0.25, 0.3) is 5.91 Å². The van der Waals surface area contributed by atoms with Gasteiger partial charge in [0, 0.05) is 42.4 Å². The van der Waals surface area contributed by atoms with Gasteiger partial charge in [-0.3, -0.25) is 15.3 Å². The molecule has 1 unspecified atom stereocenters. The first kappa shape index (κ1) is 21.5. The van der Waals surface area contributed by atoms with E-state index in [9.17, 15) is 9.18 Å². The molecule has 3 heterocycles. The number of aromatic amines is 1. The van der Waals surface area contributed by atoms with Gasteiger partial charge in [-0.15, -0.1) is 0 Å². The summed E-state index contributed by atoms with van der Waals surface area (Å²) in [5, 5.41) is 21.0. The van der Waals surface area contributed by atoms with E-state index in [4.69, 9.17) is 14.9 Å². The van der Waals surface area contributed by atoms with Crippen molar-refractivity contribution >= 4 is 17.3 Å². The quantitative estimate of drug-likeness (QED) is 0.285. The van der Waals surface area contributed by atoms with Crippen LogP contribution in [-0.4, -0.2) is 59.9 Å². The summed E-state index contributed by atoms with van der Waals surface area (Å²) >= 11 is 0. The number of carbonyl (C=O) groups is 1. The standard InChI is InChI=1S/C22H23FN6O3/c1-31-8-9-32-13-20(30)27-22(24)18-11-25-19-7-6-14(12-29(18)19)16-10-26-28-21(16)15-4-2-3-5-17(15)23/h2-7,10-12,19,25H,8-9,13H2,1H3,(H,26,28)(H2,24,27,30). The highest BCUT2D eigenvalue weighted by Crippen LogP contribution is 2.33. The number of fused-ring (bicyclic) bond motifs is 1. The molecule has 0 saturated heterocycles. The van der Waals surface area contributed by atoms with Gasteiger partial charge in [-0.05, 0) is 18.2 Å². The average Bonchev–Trinajstić information content (AvgIpc) is 3.44. The van der Waals surface area contributed by atoms with E-state index in [0.717, 1.165) is 11.1 Å². The van der Waals surface area contributed by atoms with Crippen molar-refractivity contribution < 1.29 is 18.7 Å². The summed E-state index contributed by atoms with van der Waals surface area (Å²) in [7, 11) is 1.55. The first-order chi connectivity index (χ1) is 15.6. The van der Waals surface area contributed by atoms with Gasteiger partial charge in [-0.2, -0.15) is 5.10 Å². The lowest BCUT2D eigenvalue weighted by atomic mass is 10.00. The van der Waals surface area contributed by atoms with Gasteiger partial charge < -0.3 is 25.0 Å². The number of ether oxygens (including phenoxy) is 2. The number of nitrogens with one attached hydrogen (secondary N) is 4. The number of hydrogen-bond donors (Lipinski definition) is 4. The SMILES string of the molecule is COCCOCC(=O)NC(=N)C1=CNC2C=CC(c3c[nH]nc3-c3ccccc3F)=CN12. The van der Waals surface area contributed by atoms with Crippen molar-refractivity contribution in [1.82, 2.24) is 25.7 Å². The van der Waals surface area contributed by atoms with Crippen LogP contribution in [0.15, 0.2) is 60.7 Å². The number of hydrogen-bond acceptors (Lipinski definition) is 7. The van der Waals surface area contributed by atoms with Crippen LogP contribution in [0.4, 0.5) is 4.39 Å². The Kier molecular flexibility index (Phi) is 6.43. The van der Waals surface area contributed by atoms with Gasteiger partial charge in [-0.25, -0.2) is 4.39 Å². The molecule has 32 heavy (non-hydrogen) atoms. The van der Waals surface area contributed by atoms with E-state index in [1.54, 1.807) is 37.7 Å². The molecule has 4 rings (SSSR count). The van der Waals surface area contributed by atoms with E-state index >= 15 is 0 Å². The highest BCUT2D eigenvalue weighted by atomic mass is 19.1. The van der Waals surface area contributed by atoms with Gasteiger partial charge in [0.2, 0.25) is 0 Å². The summed E-state index contributed by atoms with van der Waals surface area (Å²) in [6, 6.07) is 6.45. The molecule has 10 heteroatoms. The Bertz CT molecular complexity index is 1110. The number of H-pyrrole nitrogens is 1. The van der Waals surface area contributed by atoms with Crippen LogP contribution in [0.1, 0.15) is 5.56 Å². The van der Waals surface area contributed by atoms with Gasteiger partial charge in [0.05, 0.1) is 13.2 Å². The summed E-state index contributed by atoms with van der Waals surface area (Å²) in [5.41, 5.74) is 2.87. The van der Waals surface area contributed by atoms with E-state index in [1.165, 1.54) is 6.07 Å². The van der Waals surface area contributed by atoms with Gasteiger partial charge >= 0.3 is 0 Å². The van der Waals surface area contributed by atoms with E-state index in [2.05, 4.69) is 20.8 Å². The zero-order chi connectivity index (χ0) is 22.5. The van der Waals surface area contributed by atoms with Crippen LogP contribution in [0, 0.1) is 11.2 Å². The van der Waals surface area contributed by atoms with Crippen molar-refractivity contribution in [3.8, 4) is 11.3 Å². The molecular weight excluding hydrogens is 415 g/mol. The minimum atomic E-state index is -0.427. The van der Waals surface area contributed by atoms with Crippen molar-refractivity contribution in [2.24, 2.45) is 0 Å². The smallest absolute Gasteiger partial charge is 0.251 e. The molecule has 1 atom stereocenters. The Morgan fingerprint density at radius 1 is 1.31 bits per heavy atom. The summed E-state index contributed by atoms with van der Waals surface area (Å²) in [6.45, 7) is 0.511. The maximum absolute atomic E-state index is 14.3. The number of amides is 1. The lowest BCUT2D eigenvalue weighted by molar-refractivity contribution is -0.124. The third-order valence-corrected chi connectivity index (χ3v) is 4.97. The maximum Gasteiger partial charge on any atom is 0.251 e. The van der Waals surface area contributed by atoms with Crippen molar-refractivity contribution in [1.29, 1.82) is 5.41 Å². The largest absolute Gasteiger partial charge is 0.382 e. The molecule has 1 aromatic heterocycles. The van der Waals surface area contributed by atoms with Crippen molar-refractivity contribution in [3.63, 3.8) is 0 Å². The minimum absolute atomic E-state index is 0.0623. The van der Waals surface area contributed by atoms with Crippen LogP contribution >= 0.6 is 0 Å². The van der Waals surface area contributed by atoms with Gasteiger partial charge in [0.1, 0.15) is 30.0 Å². The van der Waals surface area contributed by atoms with E-state index in [1.807, 2.05) is 23.3 Å². The predicted octanol–water partition coefficient (Wildman–Crippen LogP) is 1.96. The number of carbonyl (C=O) groups excluding carboxylic acids is 1. The number of nitrogens with zero attached hydrogens (tertiary/aromatic N) is 2. The van der Waals surface area contributed by atoms with E-state index in [0.29, 0.717) is 30.2 Å². The fourth-order valence-corrected chi connectivity index (χ4v) is 3.43. The average molecular weight is 438 g/mol. The number of amidine groups is 1. The molecule has 0 spiro atoms.